The molecule has 5 rings (SSSR count). The van der Waals surface area contributed by atoms with Crippen molar-refractivity contribution in [2.45, 2.75) is 6.42 Å². The maximum atomic E-state index is 11.7. The van der Waals surface area contributed by atoms with E-state index < -0.39 is 21.0 Å². The summed E-state index contributed by atoms with van der Waals surface area (Å²) < 4.78 is 40.2. The van der Waals surface area contributed by atoms with Gasteiger partial charge in [0.1, 0.15) is 14.5 Å². The van der Waals surface area contributed by atoms with Crippen LogP contribution in [-0.2, 0) is 10.2 Å². The molecule has 2 aliphatic rings. The van der Waals surface area contributed by atoms with Gasteiger partial charge >= 0.3 is 0 Å². The second kappa shape index (κ2) is 7.63. The average molecular weight is 437 g/mol. The van der Waals surface area contributed by atoms with Crippen molar-refractivity contribution in [2.24, 2.45) is 0 Å². The van der Waals surface area contributed by atoms with E-state index in [0.29, 0.717) is 11.3 Å². The van der Waals surface area contributed by atoms with Crippen LogP contribution in [0, 0.1) is 10.2 Å². The summed E-state index contributed by atoms with van der Waals surface area (Å²) in [5, 5.41) is 0. The molecule has 0 spiro atoms. The summed E-state index contributed by atoms with van der Waals surface area (Å²) in [6.07, 6.45) is 2.64. The number of halogens is 1. The van der Waals surface area contributed by atoms with Crippen LogP contribution >= 0.6 is 10.8 Å². The highest BCUT2D eigenvalue weighted by atomic mass is 35.7. The zero-order valence-corrected chi connectivity index (χ0v) is 17.4. The van der Waals surface area contributed by atoms with Crippen LogP contribution in [0.3, 0.4) is 0 Å². The maximum Gasteiger partial charge on any atom is 0.148 e. The van der Waals surface area contributed by atoms with Crippen molar-refractivity contribution in [1.29, 1.82) is 0 Å². The van der Waals surface area contributed by atoms with Crippen LogP contribution in [0.5, 0.6) is 0 Å². The van der Waals surface area contributed by atoms with Crippen molar-refractivity contribution >= 4 is 26.1 Å². The number of allylic oxidation sites excluding steroid dienone is 3. The summed E-state index contributed by atoms with van der Waals surface area (Å²) in [6, 6.07) is 27.3. The lowest BCUT2D eigenvalue weighted by Gasteiger charge is -2.23. The Kier molecular flexibility index (Phi) is 4.95. The van der Waals surface area contributed by atoms with Crippen LogP contribution < -0.4 is 14.0 Å². The fourth-order valence-corrected chi connectivity index (χ4v) is 6.69. The monoisotopic (exact) mass is 436 g/mol. The average Bonchev–Trinajstić information content (AvgIpc) is 3.14. The molecule has 0 radical (unpaired) electrons. The molecule has 0 saturated carbocycles. The normalized spacial score (nSPS) is 18.2. The first-order valence-electron chi connectivity index (χ1n) is 9.38. The van der Waals surface area contributed by atoms with E-state index in [2.05, 4.69) is 0 Å². The summed E-state index contributed by atoms with van der Waals surface area (Å²) in [5.74, 6) is 0. The lowest BCUT2D eigenvalue weighted by atomic mass is 9.94. The first-order chi connectivity index (χ1) is 14.5. The quantitative estimate of drug-likeness (QED) is 0.588. The molecule has 0 aromatic heterocycles. The van der Waals surface area contributed by atoms with Crippen molar-refractivity contribution in [3.8, 4) is 0 Å². The molecule has 1 heterocycles. The fourth-order valence-electron chi connectivity index (χ4n) is 3.95. The van der Waals surface area contributed by atoms with Crippen molar-refractivity contribution in [1.82, 2.24) is 0 Å². The number of hydrogen-bond donors (Lipinski definition) is 0. The van der Waals surface area contributed by atoms with Gasteiger partial charge in [-0.1, -0.05) is 84.9 Å². The van der Waals surface area contributed by atoms with Gasteiger partial charge in [-0.05, 0) is 45.9 Å². The molecule has 1 aliphatic heterocycles. The van der Waals surface area contributed by atoms with Crippen molar-refractivity contribution in [3.05, 3.63) is 119 Å². The van der Waals surface area contributed by atoms with Gasteiger partial charge in [0, 0.05) is 0 Å². The fraction of sp³-hybridized carbons (Fsp3) is 0.0417. The Bertz CT molecular complexity index is 1210. The van der Waals surface area contributed by atoms with Gasteiger partial charge in [-0.25, -0.2) is 0 Å². The van der Waals surface area contributed by atoms with Gasteiger partial charge < -0.3 is 0 Å². The second-order valence-corrected chi connectivity index (χ2v) is 9.65. The van der Waals surface area contributed by atoms with Crippen LogP contribution in [0.1, 0.15) is 22.3 Å². The molecule has 0 saturated heterocycles. The molecule has 1 unspecified atom stereocenters. The van der Waals surface area contributed by atoms with Gasteiger partial charge in [0.05, 0.1) is 20.0 Å². The first-order valence-corrected chi connectivity index (χ1v) is 11.8. The summed E-state index contributed by atoms with van der Waals surface area (Å²) in [7, 11) is -5.96. The molecule has 30 heavy (non-hydrogen) atoms. The van der Waals surface area contributed by atoms with E-state index in [4.69, 9.17) is 3.74 Å². The Hall–Kier alpha value is -2.51. The lowest BCUT2D eigenvalue weighted by molar-refractivity contribution is -1.91. The highest BCUT2D eigenvalue weighted by Crippen LogP contribution is 2.53. The molecular weight excluding hydrogens is 420 g/mol. The molecule has 1 aliphatic carbocycles. The van der Waals surface area contributed by atoms with E-state index in [0.717, 1.165) is 38.3 Å². The first kappa shape index (κ1) is 19.5. The predicted octanol–water partition coefficient (Wildman–Crippen LogP) is 2.37. The molecule has 4 nitrogen and oxygen atoms in total. The summed E-state index contributed by atoms with van der Waals surface area (Å²) >= 11 is 0. The lowest BCUT2D eigenvalue weighted by Crippen LogP contribution is -2.60. The summed E-state index contributed by atoms with van der Waals surface area (Å²) in [6.45, 7) is 0. The highest BCUT2D eigenvalue weighted by molar-refractivity contribution is 8.20. The van der Waals surface area contributed by atoms with E-state index in [1.807, 2.05) is 91.0 Å². The van der Waals surface area contributed by atoms with Crippen LogP contribution in [0.15, 0.2) is 96.6 Å². The van der Waals surface area contributed by atoms with E-state index in [1.165, 1.54) is 0 Å². The van der Waals surface area contributed by atoms with Crippen molar-refractivity contribution < 1.29 is 28.0 Å². The van der Waals surface area contributed by atoms with Crippen LogP contribution in [0.2, 0.25) is 0 Å². The third-order valence-electron chi connectivity index (χ3n) is 5.17. The van der Waals surface area contributed by atoms with Crippen molar-refractivity contribution in [3.63, 3.8) is 0 Å². The molecule has 150 valence electrons. The molecule has 0 amide bonds. The molecule has 0 fully saturated rings. The molecule has 0 bridgehead atoms. The zero-order chi connectivity index (χ0) is 20.7. The number of rotatable bonds is 4. The van der Waals surface area contributed by atoms with E-state index in [9.17, 15) is 14.0 Å². The molecular formula is C24H17ClO4S. The Morgan fingerprint density at radius 2 is 1.33 bits per heavy atom. The van der Waals surface area contributed by atoms with E-state index in [-0.39, 0.29) is 0 Å². The molecule has 1 atom stereocenters. The van der Waals surface area contributed by atoms with Gasteiger partial charge in [0.2, 0.25) is 0 Å². The Morgan fingerprint density at radius 3 is 2.00 bits per heavy atom. The topological polar surface area (TPSA) is 78.4 Å². The number of fused-ring (bicyclic) bond motifs is 2. The van der Waals surface area contributed by atoms with E-state index in [1.54, 1.807) is 0 Å². The zero-order valence-electron chi connectivity index (χ0n) is 15.8. The van der Waals surface area contributed by atoms with Gasteiger partial charge in [-0.15, -0.1) is 0 Å². The minimum atomic E-state index is -4.60. The van der Waals surface area contributed by atoms with Gasteiger partial charge in [0.15, 0.2) is 0 Å². The molecule has 3 aromatic carbocycles. The third-order valence-corrected chi connectivity index (χ3v) is 7.88. The Morgan fingerprint density at radius 1 is 0.733 bits per heavy atom. The minimum absolute atomic E-state index is 0.664. The van der Waals surface area contributed by atoms with Crippen molar-refractivity contribution in [2.75, 3.05) is 0 Å². The minimum Gasteiger partial charge on any atom is -0.182 e. The van der Waals surface area contributed by atoms with E-state index >= 15 is 0 Å². The smallest absolute Gasteiger partial charge is 0.148 e. The van der Waals surface area contributed by atoms with Gasteiger partial charge in [-0.2, -0.15) is 14.0 Å². The third kappa shape index (κ3) is 3.56. The van der Waals surface area contributed by atoms with Crippen LogP contribution in [0.4, 0.5) is 0 Å². The van der Waals surface area contributed by atoms with Crippen LogP contribution in [0.25, 0.3) is 10.5 Å². The standard InChI is InChI=1S/C24H17ClO4S/c26-25(27,28)29-30-23(18-11-5-2-6-12-18)16-21(17-9-3-1-4-10-17)22-15-19-13-7-8-14-20(19)24(22)30/h1-14,16H,15H2. The number of hydrogen-bond acceptors (Lipinski definition) is 4. The maximum absolute atomic E-state index is 11.7. The largest absolute Gasteiger partial charge is 0.182 e. The summed E-state index contributed by atoms with van der Waals surface area (Å²) in [4.78, 5) is 1.45. The second-order valence-electron chi connectivity index (χ2n) is 7.01. The Labute approximate surface area is 179 Å². The van der Waals surface area contributed by atoms with Gasteiger partial charge in [0.25, 0.3) is 0 Å². The Balaban J connectivity index is 1.82. The molecule has 3 aromatic rings. The number of benzene rings is 3. The summed E-state index contributed by atoms with van der Waals surface area (Å²) in [5.41, 5.74) is 5.92. The highest BCUT2D eigenvalue weighted by Gasteiger charge is 2.38. The molecule has 6 heteroatoms. The predicted molar refractivity (Wildman–Crippen MR) is 111 cm³/mol. The van der Waals surface area contributed by atoms with Gasteiger partial charge in [-0.3, -0.25) is 0 Å². The van der Waals surface area contributed by atoms with Crippen LogP contribution in [-0.4, -0.2) is 4.86 Å². The molecule has 0 N–H and O–H groups in total. The SMILES string of the molecule is [O-][Cl+3]([O-])([O-])OS1=C(c2ccccc2)C=C(c2ccccc2)C2=C1c1ccccc1C2.